The van der Waals surface area contributed by atoms with Gasteiger partial charge in [0, 0.05) is 82.0 Å². The maximum absolute atomic E-state index is 10.1. The Morgan fingerprint density at radius 2 is 0.265 bits per heavy atom. The van der Waals surface area contributed by atoms with Gasteiger partial charge >= 0.3 is 33.0 Å². The fourth-order valence-electron chi connectivity index (χ4n) is 13.4. The molecule has 16 aromatic carbocycles. The van der Waals surface area contributed by atoms with Gasteiger partial charge in [-0.1, -0.05) is 243 Å². The van der Waals surface area contributed by atoms with Crippen LogP contribution in [-0.2, 0) is 39.0 Å². The van der Waals surface area contributed by atoms with Crippen LogP contribution in [0.25, 0.3) is 174 Å². The van der Waals surface area contributed by atoms with Crippen molar-refractivity contribution in [1.82, 2.24) is 0 Å². The molecule has 4 aromatic heterocycles. The number of hydrogen-bond donors (Lipinski definition) is 4. The minimum absolute atomic E-state index is 0. The largest absolute Gasteiger partial charge is 0.399 e. The first-order valence-electron chi connectivity index (χ1n) is 30.8. The fraction of sp³-hybridized carbons (Fsp3) is 0. The maximum atomic E-state index is 10.1. The molecule has 2 radical (unpaired) electrons. The molecule has 0 aliphatic rings. The molecular formula is C80H52O12P4Rh2. The van der Waals surface area contributed by atoms with E-state index in [1.54, 1.807) is 0 Å². The van der Waals surface area contributed by atoms with Crippen molar-refractivity contribution in [1.29, 1.82) is 0 Å². The Bertz CT molecular complexity index is 5510. The minimum Gasteiger partial charge on any atom is -0.399 e. The zero-order chi connectivity index (χ0) is 64.4. The van der Waals surface area contributed by atoms with Crippen molar-refractivity contribution < 1.29 is 92.1 Å². The third-order valence-electron chi connectivity index (χ3n) is 17.5. The van der Waals surface area contributed by atoms with Crippen LogP contribution in [0, 0.1) is 0 Å². The van der Waals surface area contributed by atoms with Crippen LogP contribution in [0.3, 0.4) is 0 Å². The van der Waals surface area contributed by atoms with Crippen molar-refractivity contribution in [2.45, 2.75) is 0 Å². The topological polar surface area (TPSA) is 186 Å². The average molecular weight is 1530 g/mol. The van der Waals surface area contributed by atoms with Crippen LogP contribution in [0.5, 0.6) is 0 Å². The molecule has 0 amide bonds. The molecule has 0 saturated heterocycles. The Labute approximate surface area is 585 Å². The van der Waals surface area contributed by atoms with Crippen molar-refractivity contribution in [3.05, 3.63) is 291 Å². The molecule has 0 fully saturated rings. The molecule has 0 aliphatic heterocycles. The summed E-state index contributed by atoms with van der Waals surface area (Å²) < 4.78 is 45.6. The monoisotopic (exact) mass is 1530 g/mol. The SMILES string of the molecule is Op1oc2ccc3ccccc3c2c2c(ccc3ccccc32)o1.Op1oc2ccc3ccccc3c2c2c(ccc3ccccc32)o1.Op1oc2ccc3ccccc3c2c2c(ccc3ccccc32)o1.Op1oc2ccc3ccccc3c2c2c(ccc3ccccc32)o1.[Rh].[Rh]. The molecule has 0 bridgehead atoms. The van der Waals surface area contributed by atoms with Gasteiger partial charge < -0.3 is 33.6 Å². The summed E-state index contributed by atoms with van der Waals surface area (Å²) in [6.07, 6.45) is 0. The van der Waals surface area contributed by atoms with Gasteiger partial charge in [0.05, 0.1) is 0 Å². The Hall–Kier alpha value is -9.71. The van der Waals surface area contributed by atoms with Gasteiger partial charge in [-0.15, -0.1) is 0 Å². The summed E-state index contributed by atoms with van der Waals surface area (Å²) in [4.78, 5) is 40.6. The van der Waals surface area contributed by atoms with Crippen LogP contribution < -0.4 is 0 Å². The van der Waals surface area contributed by atoms with Crippen molar-refractivity contribution in [2.24, 2.45) is 0 Å². The molecule has 20 rings (SSSR count). The van der Waals surface area contributed by atoms with Gasteiger partial charge in [0.15, 0.2) is 0 Å². The Morgan fingerprint density at radius 3 is 0.388 bits per heavy atom. The summed E-state index contributed by atoms with van der Waals surface area (Å²) >= 11 is 0. The van der Waals surface area contributed by atoms with Crippen molar-refractivity contribution in [3.63, 3.8) is 0 Å². The minimum atomic E-state index is -2.00. The first kappa shape index (κ1) is 64.3. The second-order valence-electron chi connectivity index (χ2n) is 23.0. The summed E-state index contributed by atoms with van der Waals surface area (Å²) in [7, 11) is -8.01. The standard InChI is InChI=1S/4C20H13O3P.2Rh/c4*21-24-22-17-11-9-13-5-1-3-7-15(13)19(17)20-16-8-4-2-6-14(16)10-12-18(20)23-24;;/h4*1-12,21H;;. The normalized spacial score (nSPS) is 11.3. The van der Waals surface area contributed by atoms with E-state index in [4.69, 9.17) is 33.6 Å². The zero-order valence-corrected chi connectivity index (χ0v) is 58.1. The van der Waals surface area contributed by atoms with E-state index in [9.17, 15) is 19.6 Å². The van der Waals surface area contributed by atoms with Gasteiger partial charge in [0.25, 0.3) is 0 Å². The van der Waals surface area contributed by atoms with E-state index in [1.165, 1.54) is 0 Å². The van der Waals surface area contributed by atoms with Crippen molar-refractivity contribution in [2.75, 3.05) is 0 Å². The van der Waals surface area contributed by atoms with Gasteiger partial charge in [-0.05, 0) is 135 Å². The van der Waals surface area contributed by atoms with Crippen LogP contribution in [0.2, 0.25) is 0 Å². The Morgan fingerprint density at radius 1 is 0.153 bits per heavy atom. The predicted octanol–water partition coefficient (Wildman–Crippen LogP) is 25.4. The first-order chi connectivity index (χ1) is 47.2. The van der Waals surface area contributed by atoms with Gasteiger partial charge in [-0.2, -0.15) is 0 Å². The number of fused-ring (bicyclic) bond motifs is 28. The summed E-state index contributed by atoms with van der Waals surface area (Å²) in [5, 5.41) is 25.5. The van der Waals surface area contributed by atoms with Crippen LogP contribution in [-0.4, -0.2) is 19.6 Å². The number of benzene rings is 16. The molecule has 12 nitrogen and oxygen atoms in total. The van der Waals surface area contributed by atoms with Crippen LogP contribution >= 0.6 is 33.0 Å². The van der Waals surface area contributed by atoms with Gasteiger partial charge in [-0.25, -0.2) is 0 Å². The van der Waals surface area contributed by atoms with E-state index in [1.807, 2.05) is 194 Å². The molecular weight excluding hydrogens is 1480 g/mol. The third kappa shape index (κ3) is 11.8. The molecule has 0 spiro atoms. The molecule has 4 N–H and O–H groups in total. The molecule has 98 heavy (non-hydrogen) atoms. The van der Waals surface area contributed by atoms with Gasteiger partial charge in [0.1, 0.15) is 44.7 Å². The summed E-state index contributed by atoms with van der Waals surface area (Å²) in [6.45, 7) is 0. The molecule has 482 valence electrons. The van der Waals surface area contributed by atoms with Crippen LogP contribution in [0.1, 0.15) is 0 Å². The molecule has 4 heterocycles. The fourth-order valence-corrected chi connectivity index (χ4v) is 16.1. The van der Waals surface area contributed by atoms with Crippen LogP contribution in [0.15, 0.2) is 325 Å². The van der Waals surface area contributed by atoms with Gasteiger partial charge in [0.2, 0.25) is 0 Å². The van der Waals surface area contributed by atoms with Crippen molar-refractivity contribution >= 4 is 207 Å². The number of rotatable bonds is 0. The van der Waals surface area contributed by atoms with E-state index in [-0.39, 0.29) is 39.0 Å². The molecule has 0 atom stereocenters. The summed E-state index contributed by atoms with van der Waals surface area (Å²) in [6, 6.07) is 96.8. The Kier molecular flexibility index (Phi) is 17.9. The smallest absolute Gasteiger partial charge is 0.384 e. The third-order valence-corrected chi connectivity index (χ3v) is 20.4. The van der Waals surface area contributed by atoms with E-state index >= 15 is 0 Å². The molecule has 0 saturated carbocycles. The second kappa shape index (κ2) is 27.3. The van der Waals surface area contributed by atoms with E-state index in [2.05, 4.69) is 97.1 Å². The summed E-state index contributed by atoms with van der Waals surface area (Å²) in [5.41, 5.74) is 5.20. The zero-order valence-electron chi connectivity index (χ0n) is 51.2. The quantitative estimate of drug-likeness (QED) is 0.105. The van der Waals surface area contributed by atoms with Gasteiger partial charge in [-0.3, -0.25) is 19.6 Å². The summed E-state index contributed by atoms with van der Waals surface area (Å²) in [5.74, 6) is 0. The average Bonchev–Trinajstić information content (AvgIpc) is 1.41. The molecule has 0 aliphatic carbocycles. The molecule has 0 unspecified atom stereocenters. The molecule has 20 aromatic rings. The van der Waals surface area contributed by atoms with E-state index < -0.39 is 33.0 Å². The second-order valence-corrected chi connectivity index (χ2v) is 26.3. The maximum Gasteiger partial charge on any atom is 0.384 e. The van der Waals surface area contributed by atoms with E-state index in [0.717, 1.165) is 129 Å². The van der Waals surface area contributed by atoms with Crippen LogP contribution in [0.4, 0.5) is 0 Å². The first-order valence-corrected chi connectivity index (χ1v) is 35.3. The number of hydrogen-bond acceptors (Lipinski definition) is 12. The Balaban J connectivity index is 0.000000106. The molecule has 18 heteroatoms. The van der Waals surface area contributed by atoms with Crippen molar-refractivity contribution in [3.8, 4) is 0 Å². The van der Waals surface area contributed by atoms with E-state index in [0.29, 0.717) is 44.7 Å². The predicted molar refractivity (Wildman–Crippen MR) is 396 cm³/mol.